The van der Waals surface area contributed by atoms with Gasteiger partial charge in [0, 0.05) is 24.5 Å². The van der Waals surface area contributed by atoms with Gasteiger partial charge in [0.15, 0.2) is 0 Å². The molecule has 2 aliphatic heterocycles. The number of methoxy groups -OCH3 is 1. The Labute approximate surface area is 217 Å². The molecule has 2 heterocycles. The number of hydrogen-bond acceptors (Lipinski definition) is 5. The molecule has 2 aliphatic carbocycles. The fourth-order valence-electron chi connectivity index (χ4n) is 8.10. The molecule has 0 spiro atoms. The fourth-order valence-corrected chi connectivity index (χ4v) is 8.10. The molecule has 0 bridgehead atoms. The molecule has 1 aromatic carbocycles. The molecule has 2 saturated carbocycles. The third-order valence-corrected chi connectivity index (χ3v) is 10.0. The standard InChI is InChI=1S/C31H45NO4/c1-21-7-6-12-30(4)18-27-24(17-26(21)30)25(28(33)36-27)19-32-15-13-31(14-16-35-29(2,3)20-31)22-8-10-23(34-5)11-9-22/h8-11,24-27,32H,1,6-7,12-20H2,2-5H3/t24-,25+,26+,27-,30-,31+/m1/s1. The number of benzene rings is 1. The van der Waals surface area contributed by atoms with E-state index in [4.69, 9.17) is 14.2 Å². The second-order valence-corrected chi connectivity index (χ2v) is 12.9. The largest absolute Gasteiger partial charge is 0.497 e. The summed E-state index contributed by atoms with van der Waals surface area (Å²) in [5, 5.41) is 3.69. The van der Waals surface area contributed by atoms with Crippen LogP contribution >= 0.6 is 0 Å². The molecule has 1 N–H and O–H groups in total. The SMILES string of the molecule is C=C1CCC[C@]2(C)C[C@H]3OC(=O)[C@@H](CNCC[C@]4(c5ccc(OC)cc5)CCOC(C)(C)C4)[C@H]3C[C@@H]12. The van der Waals surface area contributed by atoms with E-state index in [1.807, 2.05) is 0 Å². The minimum atomic E-state index is -0.155. The minimum absolute atomic E-state index is 0.00225. The van der Waals surface area contributed by atoms with E-state index in [9.17, 15) is 4.79 Å². The molecule has 0 aromatic heterocycles. The lowest BCUT2D eigenvalue weighted by atomic mass is 9.55. The third-order valence-electron chi connectivity index (χ3n) is 10.0. The van der Waals surface area contributed by atoms with E-state index in [1.54, 1.807) is 7.11 Å². The first-order valence-electron chi connectivity index (χ1n) is 14.0. The number of fused-ring (bicyclic) bond motifs is 2. The van der Waals surface area contributed by atoms with Gasteiger partial charge in [0.1, 0.15) is 11.9 Å². The van der Waals surface area contributed by atoms with Crippen LogP contribution in [0.3, 0.4) is 0 Å². The quantitative estimate of drug-likeness (QED) is 0.294. The Balaban J connectivity index is 1.24. The second-order valence-electron chi connectivity index (χ2n) is 12.9. The summed E-state index contributed by atoms with van der Waals surface area (Å²) in [5.41, 5.74) is 2.89. The van der Waals surface area contributed by atoms with Crippen LogP contribution in [0.5, 0.6) is 5.75 Å². The van der Waals surface area contributed by atoms with E-state index in [2.05, 4.69) is 56.9 Å². The van der Waals surface area contributed by atoms with Crippen molar-refractivity contribution >= 4 is 5.97 Å². The minimum Gasteiger partial charge on any atom is -0.497 e. The highest BCUT2D eigenvalue weighted by molar-refractivity contribution is 5.75. The highest BCUT2D eigenvalue weighted by Gasteiger charge is 2.55. The van der Waals surface area contributed by atoms with Crippen molar-refractivity contribution in [2.75, 3.05) is 26.8 Å². The number of allylic oxidation sites excluding steroid dienone is 1. The molecule has 5 heteroatoms. The zero-order valence-corrected chi connectivity index (χ0v) is 22.7. The molecular weight excluding hydrogens is 450 g/mol. The number of nitrogens with one attached hydrogen (secondary N) is 1. The first-order valence-corrected chi connectivity index (χ1v) is 14.0. The molecule has 5 rings (SSSR count). The van der Waals surface area contributed by atoms with E-state index >= 15 is 0 Å². The number of carbonyl (C=O) groups is 1. The Morgan fingerprint density at radius 1 is 1.17 bits per heavy atom. The molecule has 4 aliphatic rings. The molecule has 0 radical (unpaired) electrons. The maximum absolute atomic E-state index is 12.9. The zero-order valence-electron chi connectivity index (χ0n) is 22.7. The Kier molecular flexibility index (Phi) is 7.01. The van der Waals surface area contributed by atoms with E-state index in [-0.39, 0.29) is 34.4 Å². The van der Waals surface area contributed by atoms with Crippen LogP contribution in [0.4, 0.5) is 0 Å². The lowest BCUT2D eigenvalue weighted by Crippen LogP contribution is -2.46. The Bertz CT molecular complexity index is 971. The topological polar surface area (TPSA) is 56.8 Å². The second kappa shape index (κ2) is 9.79. The zero-order chi connectivity index (χ0) is 25.6. The average molecular weight is 496 g/mol. The Morgan fingerprint density at radius 2 is 1.94 bits per heavy atom. The average Bonchev–Trinajstić information content (AvgIpc) is 3.13. The molecule has 0 amide bonds. The summed E-state index contributed by atoms with van der Waals surface area (Å²) in [6.07, 6.45) is 8.73. The van der Waals surface area contributed by atoms with Crippen molar-refractivity contribution in [2.45, 2.75) is 89.3 Å². The Morgan fingerprint density at radius 3 is 2.67 bits per heavy atom. The Hall–Kier alpha value is -1.85. The smallest absolute Gasteiger partial charge is 0.310 e. The highest BCUT2D eigenvalue weighted by atomic mass is 16.6. The molecular formula is C31H45NO4. The number of esters is 1. The van der Waals surface area contributed by atoms with Gasteiger partial charge in [-0.15, -0.1) is 0 Å². The number of carbonyl (C=O) groups excluding carboxylic acids is 1. The normalized spacial score (nSPS) is 37.7. The monoisotopic (exact) mass is 495 g/mol. The molecule has 4 fully saturated rings. The predicted molar refractivity (Wildman–Crippen MR) is 142 cm³/mol. The van der Waals surface area contributed by atoms with Crippen molar-refractivity contribution < 1.29 is 19.0 Å². The van der Waals surface area contributed by atoms with Crippen LogP contribution in [0.25, 0.3) is 0 Å². The van der Waals surface area contributed by atoms with Crippen LogP contribution in [-0.2, 0) is 19.7 Å². The molecule has 2 saturated heterocycles. The van der Waals surface area contributed by atoms with Crippen LogP contribution in [0, 0.1) is 23.2 Å². The third kappa shape index (κ3) is 4.86. The van der Waals surface area contributed by atoms with Crippen LogP contribution < -0.4 is 10.1 Å². The van der Waals surface area contributed by atoms with Gasteiger partial charge in [-0.05, 0) is 101 Å². The molecule has 0 unspecified atom stereocenters. The lowest BCUT2D eigenvalue weighted by Gasteiger charge is -2.50. The van der Waals surface area contributed by atoms with Crippen LogP contribution in [-0.4, -0.2) is 44.5 Å². The van der Waals surface area contributed by atoms with Crippen LogP contribution in [0.1, 0.15) is 77.7 Å². The predicted octanol–water partition coefficient (Wildman–Crippen LogP) is 5.82. The van der Waals surface area contributed by atoms with Crippen molar-refractivity contribution in [3.05, 3.63) is 42.0 Å². The lowest BCUT2D eigenvalue weighted by molar-refractivity contribution is -0.146. The first kappa shape index (κ1) is 25.8. The summed E-state index contributed by atoms with van der Waals surface area (Å²) < 4.78 is 17.5. The summed E-state index contributed by atoms with van der Waals surface area (Å²) in [6, 6.07) is 8.57. The van der Waals surface area contributed by atoms with Gasteiger partial charge in [-0.1, -0.05) is 31.2 Å². The van der Waals surface area contributed by atoms with Gasteiger partial charge in [-0.3, -0.25) is 4.79 Å². The van der Waals surface area contributed by atoms with Gasteiger partial charge in [0.05, 0.1) is 18.6 Å². The van der Waals surface area contributed by atoms with Crippen molar-refractivity contribution in [2.24, 2.45) is 23.2 Å². The molecule has 198 valence electrons. The highest BCUT2D eigenvalue weighted by Crippen LogP contribution is 2.56. The summed E-state index contributed by atoms with van der Waals surface area (Å²) in [7, 11) is 1.71. The molecule has 5 nitrogen and oxygen atoms in total. The van der Waals surface area contributed by atoms with Gasteiger partial charge in [0.25, 0.3) is 0 Å². The van der Waals surface area contributed by atoms with Gasteiger partial charge in [-0.25, -0.2) is 0 Å². The van der Waals surface area contributed by atoms with Gasteiger partial charge in [-0.2, -0.15) is 0 Å². The van der Waals surface area contributed by atoms with E-state index < -0.39 is 0 Å². The summed E-state index contributed by atoms with van der Waals surface area (Å²) >= 11 is 0. The maximum Gasteiger partial charge on any atom is 0.310 e. The van der Waals surface area contributed by atoms with E-state index in [0.717, 1.165) is 57.4 Å². The maximum atomic E-state index is 12.9. The number of rotatable bonds is 7. The van der Waals surface area contributed by atoms with Gasteiger partial charge >= 0.3 is 5.97 Å². The molecule has 1 aromatic rings. The first-order chi connectivity index (χ1) is 17.1. The van der Waals surface area contributed by atoms with Crippen molar-refractivity contribution in [3.8, 4) is 5.75 Å². The molecule has 6 atom stereocenters. The van der Waals surface area contributed by atoms with Crippen molar-refractivity contribution in [1.29, 1.82) is 0 Å². The number of ether oxygens (including phenoxy) is 3. The van der Waals surface area contributed by atoms with Crippen LogP contribution in [0.15, 0.2) is 36.4 Å². The molecule has 36 heavy (non-hydrogen) atoms. The number of hydrogen-bond donors (Lipinski definition) is 1. The van der Waals surface area contributed by atoms with Crippen molar-refractivity contribution in [3.63, 3.8) is 0 Å². The van der Waals surface area contributed by atoms with Gasteiger partial charge in [0.2, 0.25) is 0 Å². The summed E-state index contributed by atoms with van der Waals surface area (Å²) in [4.78, 5) is 12.9. The fraction of sp³-hybridized carbons (Fsp3) is 0.710. The van der Waals surface area contributed by atoms with E-state index in [0.29, 0.717) is 18.4 Å². The van der Waals surface area contributed by atoms with Crippen LogP contribution in [0.2, 0.25) is 0 Å². The summed E-state index contributed by atoms with van der Waals surface area (Å²) in [5.74, 6) is 1.69. The summed E-state index contributed by atoms with van der Waals surface area (Å²) in [6.45, 7) is 13.6. The van der Waals surface area contributed by atoms with E-state index in [1.165, 1.54) is 24.0 Å². The van der Waals surface area contributed by atoms with Crippen molar-refractivity contribution in [1.82, 2.24) is 5.32 Å². The van der Waals surface area contributed by atoms with Gasteiger partial charge < -0.3 is 19.5 Å².